The SMILES string of the molecule is C[C@@H](CC(=O)N[C@@H]1CCC(=O)N[C@H]1c1cccs1)n1cncn1. The van der Waals surface area contributed by atoms with Crippen molar-refractivity contribution >= 4 is 23.2 Å². The topological polar surface area (TPSA) is 88.9 Å². The minimum absolute atomic E-state index is 0.0323. The summed E-state index contributed by atoms with van der Waals surface area (Å²) in [6.07, 6.45) is 4.47. The summed E-state index contributed by atoms with van der Waals surface area (Å²) >= 11 is 1.59. The van der Waals surface area contributed by atoms with Crippen molar-refractivity contribution < 1.29 is 9.59 Å². The van der Waals surface area contributed by atoms with Crippen LogP contribution >= 0.6 is 11.3 Å². The molecule has 7 nitrogen and oxygen atoms in total. The van der Waals surface area contributed by atoms with Gasteiger partial charge in [0.2, 0.25) is 11.8 Å². The third kappa shape index (κ3) is 3.76. The maximum Gasteiger partial charge on any atom is 0.222 e. The van der Waals surface area contributed by atoms with Crippen molar-refractivity contribution in [1.82, 2.24) is 25.4 Å². The predicted octanol–water partition coefficient (Wildman–Crippen LogP) is 1.43. The van der Waals surface area contributed by atoms with Crippen LogP contribution in [0.15, 0.2) is 30.2 Å². The van der Waals surface area contributed by atoms with Crippen LogP contribution in [0.25, 0.3) is 0 Å². The molecule has 0 unspecified atom stereocenters. The molecule has 2 N–H and O–H groups in total. The number of nitrogens with zero attached hydrogens (tertiary/aromatic N) is 3. The number of piperidine rings is 1. The quantitative estimate of drug-likeness (QED) is 0.866. The third-order valence-corrected chi connectivity index (χ3v) is 4.92. The van der Waals surface area contributed by atoms with E-state index in [-0.39, 0.29) is 29.9 Å². The van der Waals surface area contributed by atoms with Crippen LogP contribution in [-0.4, -0.2) is 32.6 Å². The second-order valence-electron chi connectivity index (χ2n) is 5.70. The highest BCUT2D eigenvalue weighted by atomic mass is 32.1. The van der Waals surface area contributed by atoms with Crippen molar-refractivity contribution in [2.75, 3.05) is 0 Å². The van der Waals surface area contributed by atoms with Crippen molar-refractivity contribution in [3.05, 3.63) is 35.0 Å². The van der Waals surface area contributed by atoms with E-state index in [1.165, 1.54) is 6.33 Å². The Labute approximate surface area is 138 Å². The van der Waals surface area contributed by atoms with Crippen LogP contribution in [0, 0.1) is 0 Å². The number of thiophene rings is 1. The molecule has 122 valence electrons. The number of carbonyl (C=O) groups excluding carboxylic acids is 2. The molecule has 2 aromatic heterocycles. The molecule has 0 saturated carbocycles. The molecule has 0 aliphatic carbocycles. The fourth-order valence-electron chi connectivity index (χ4n) is 2.77. The van der Waals surface area contributed by atoms with Gasteiger partial charge in [0, 0.05) is 17.7 Å². The maximum atomic E-state index is 12.3. The van der Waals surface area contributed by atoms with Crippen LogP contribution in [0.3, 0.4) is 0 Å². The molecule has 3 rings (SSSR count). The highest BCUT2D eigenvalue weighted by molar-refractivity contribution is 7.10. The molecule has 0 spiro atoms. The van der Waals surface area contributed by atoms with Gasteiger partial charge in [0.1, 0.15) is 12.7 Å². The van der Waals surface area contributed by atoms with E-state index >= 15 is 0 Å². The molecule has 1 aliphatic heterocycles. The lowest BCUT2D eigenvalue weighted by molar-refractivity contribution is -0.127. The molecule has 1 aliphatic rings. The van der Waals surface area contributed by atoms with Crippen LogP contribution in [0.1, 0.15) is 43.1 Å². The van der Waals surface area contributed by atoms with Crippen LogP contribution < -0.4 is 10.6 Å². The van der Waals surface area contributed by atoms with Crippen LogP contribution in [0.4, 0.5) is 0 Å². The van der Waals surface area contributed by atoms with Gasteiger partial charge >= 0.3 is 0 Å². The van der Waals surface area contributed by atoms with E-state index in [9.17, 15) is 9.59 Å². The first-order valence-corrected chi connectivity index (χ1v) is 8.47. The van der Waals surface area contributed by atoms with E-state index < -0.39 is 0 Å². The largest absolute Gasteiger partial charge is 0.351 e. The Kier molecular flexibility index (Phi) is 4.71. The average molecular weight is 333 g/mol. The first-order chi connectivity index (χ1) is 11.1. The van der Waals surface area contributed by atoms with Crippen LogP contribution in [0.2, 0.25) is 0 Å². The number of amides is 2. The van der Waals surface area contributed by atoms with Gasteiger partial charge in [-0.25, -0.2) is 9.67 Å². The fourth-order valence-corrected chi connectivity index (χ4v) is 3.61. The number of carbonyl (C=O) groups is 2. The van der Waals surface area contributed by atoms with Crippen molar-refractivity contribution in [3.8, 4) is 0 Å². The number of rotatable bonds is 5. The van der Waals surface area contributed by atoms with Gasteiger partial charge in [-0.05, 0) is 24.8 Å². The molecular formula is C15H19N5O2S. The summed E-state index contributed by atoms with van der Waals surface area (Å²) in [5.74, 6) is -0.0133. The maximum absolute atomic E-state index is 12.3. The minimum atomic E-state index is -0.151. The zero-order chi connectivity index (χ0) is 16.2. The summed E-state index contributed by atoms with van der Waals surface area (Å²) in [6.45, 7) is 1.92. The smallest absolute Gasteiger partial charge is 0.222 e. The molecule has 2 amide bonds. The van der Waals surface area contributed by atoms with Gasteiger partial charge in [0.25, 0.3) is 0 Å². The Hall–Kier alpha value is -2.22. The first-order valence-electron chi connectivity index (χ1n) is 7.59. The third-order valence-electron chi connectivity index (χ3n) is 3.97. The van der Waals surface area contributed by atoms with Gasteiger partial charge in [-0.1, -0.05) is 6.07 Å². The van der Waals surface area contributed by atoms with E-state index in [1.54, 1.807) is 22.3 Å². The van der Waals surface area contributed by atoms with Crippen LogP contribution in [-0.2, 0) is 9.59 Å². The Bertz CT molecular complexity index is 655. The van der Waals surface area contributed by atoms with Crippen molar-refractivity contribution in [2.24, 2.45) is 0 Å². The van der Waals surface area contributed by atoms with Gasteiger partial charge in [-0.15, -0.1) is 11.3 Å². The minimum Gasteiger partial charge on any atom is -0.351 e. The molecular weight excluding hydrogens is 314 g/mol. The molecule has 0 aromatic carbocycles. The van der Waals surface area contributed by atoms with Gasteiger partial charge < -0.3 is 10.6 Å². The Morgan fingerprint density at radius 1 is 1.61 bits per heavy atom. The van der Waals surface area contributed by atoms with E-state index in [0.717, 1.165) is 4.88 Å². The molecule has 2 aromatic rings. The summed E-state index contributed by atoms with van der Waals surface area (Å²) in [6, 6.07) is 3.64. The van der Waals surface area contributed by atoms with Crippen molar-refractivity contribution in [2.45, 2.75) is 44.3 Å². The monoisotopic (exact) mass is 333 g/mol. The summed E-state index contributed by atoms with van der Waals surface area (Å²) in [5, 5.41) is 12.1. The van der Waals surface area contributed by atoms with Gasteiger partial charge in [0.05, 0.1) is 18.1 Å². The number of nitrogens with one attached hydrogen (secondary N) is 2. The zero-order valence-electron chi connectivity index (χ0n) is 12.8. The number of hydrogen-bond donors (Lipinski definition) is 2. The van der Waals surface area contributed by atoms with Crippen LogP contribution in [0.5, 0.6) is 0 Å². The molecule has 1 fully saturated rings. The Balaban J connectivity index is 1.63. The lowest BCUT2D eigenvalue weighted by Gasteiger charge is -2.32. The molecule has 0 bridgehead atoms. The second-order valence-corrected chi connectivity index (χ2v) is 6.68. The highest BCUT2D eigenvalue weighted by Gasteiger charge is 2.31. The van der Waals surface area contributed by atoms with E-state index in [4.69, 9.17) is 0 Å². The second kappa shape index (κ2) is 6.91. The Morgan fingerprint density at radius 2 is 2.48 bits per heavy atom. The van der Waals surface area contributed by atoms with Crippen molar-refractivity contribution in [1.29, 1.82) is 0 Å². The predicted molar refractivity (Wildman–Crippen MR) is 85.7 cm³/mol. The van der Waals surface area contributed by atoms with Gasteiger partial charge in [-0.2, -0.15) is 5.10 Å². The van der Waals surface area contributed by atoms with E-state index in [1.807, 2.05) is 24.4 Å². The number of hydrogen-bond acceptors (Lipinski definition) is 5. The molecule has 3 heterocycles. The zero-order valence-corrected chi connectivity index (χ0v) is 13.6. The van der Waals surface area contributed by atoms with Crippen molar-refractivity contribution in [3.63, 3.8) is 0 Å². The summed E-state index contributed by atoms with van der Waals surface area (Å²) < 4.78 is 1.67. The van der Waals surface area contributed by atoms with Gasteiger partial charge in [-0.3, -0.25) is 9.59 Å². The normalized spacial score (nSPS) is 22.4. The molecule has 1 saturated heterocycles. The number of aromatic nitrogens is 3. The summed E-state index contributed by atoms with van der Waals surface area (Å²) in [5.41, 5.74) is 0. The first kappa shape index (κ1) is 15.7. The van der Waals surface area contributed by atoms with E-state index in [0.29, 0.717) is 19.3 Å². The molecule has 23 heavy (non-hydrogen) atoms. The van der Waals surface area contributed by atoms with E-state index in [2.05, 4.69) is 20.7 Å². The standard InChI is InChI=1S/C15H19N5O2S/c1-10(20-9-16-8-17-20)7-14(22)18-11-4-5-13(21)19-15(11)12-3-2-6-23-12/h2-3,6,8-11,15H,4-5,7H2,1H3,(H,18,22)(H,19,21)/t10-,11+,15+/m0/s1. The molecule has 3 atom stereocenters. The van der Waals surface area contributed by atoms with Gasteiger partial charge in [0.15, 0.2) is 0 Å². The molecule has 8 heteroatoms. The fraction of sp³-hybridized carbons (Fsp3) is 0.467. The summed E-state index contributed by atoms with van der Waals surface area (Å²) in [4.78, 5) is 29.0. The lowest BCUT2D eigenvalue weighted by atomic mass is 9.96. The summed E-state index contributed by atoms with van der Waals surface area (Å²) in [7, 11) is 0. The Morgan fingerprint density at radius 3 is 3.17 bits per heavy atom. The average Bonchev–Trinajstić information content (AvgIpc) is 3.22. The molecule has 0 radical (unpaired) electrons. The highest BCUT2D eigenvalue weighted by Crippen LogP contribution is 2.27. The lowest BCUT2D eigenvalue weighted by Crippen LogP contribution is -2.50.